The fourth-order valence-electron chi connectivity index (χ4n) is 2.99. The first-order chi connectivity index (χ1) is 13.6. The summed E-state index contributed by atoms with van der Waals surface area (Å²) in [6, 6.07) is 6.29. The van der Waals surface area contributed by atoms with Gasteiger partial charge in [0.05, 0.1) is 17.5 Å². The van der Waals surface area contributed by atoms with E-state index in [1.807, 2.05) is 0 Å². The van der Waals surface area contributed by atoms with E-state index in [9.17, 15) is 24.0 Å². The lowest BCUT2D eigenvalue weighted by Gasteiger charge is -2.09. The zero-order chi connectivity index (χ0) is 21.5. The quantitative estimate of drug-likeness (QED) is 0.565. The van der Waals surface area contributed by atoms with Crippen LogP contribution in [0.2, 0.25) is 0 Å². The summed E-state index contributed by atoms with van der Waals surface area (Å²) >= 11 is 0. The lowest BCUT2D eigenvalue weighted by molar-refractivity contribution is -0.137. The van der Waals surface area contributed by atoms with Gasteiger partial charge in [0.15, 0.2) is 11.2 Å². The van der Waals surface area contributed by atoms with Crippen LogP contribution in [0.3, 0.4) is 0 Å². The van der Waals surface area contributed by atoms with Gasteiger partial charge in [0.25, 0.3) is 17.4 Å². The number of imide groups is 1. The first-order valence-corrected chi connectivity index (χ1v) is 8.39. The number of aryl methyl sites for hydroxylation is 2. The lowest BCUT2D eigenvalue weighted by atomic mass is 10.1. The predicted octanol–water partition coefficient (Wildman–Crippen LogP) is -0.662. The molecule has 1 aliphatic rings. The molecule has 1 aromatic carbocycles. The van der Waals surface area contributed by atoms with Crippen LogP contribution in [0, 0.1) is 0 Å². The number of carbonyl (C=O) groups is 3. The van der Waals surface area contributed by atoms with Crippen LogP contribution in [0.1, 0.15) is 20.7 Å². The molecule has 0 saturated heterocycles. The minimum Gasteiger partial charge on any atom is -0.480 e. The van der Waals surface area contributed by atoms with Gasteiger partial charge < -0.3 is 9.67 Å². The summed E-state index contributed by atoms with van der Waals surface area (Å²) in [5.74, 6) is -2.29. The number of fused-ring (bicyclic) bond motifs is 2. The number of aromatic nitrogens is 4. The van der Waals surface area contributed by atoms with Gasteiger partial charge in [-0.1, -0.05) is 12.1 Å². The summed E-state index contributed by atoms with van der Waals surface area (Å²) < 4.78 is 4.04. The molecule has 0 aliphatic carbocycles. The number of amides is 2. The second-order valence-electron chi connectivity index (χ2n) is 6.37. The summed E-state index contributed by atoms with van der Waals surface area (Å²) in [5, 5.41) is 8.54. The maximum Gasteiger partial charge on any atom is 0.332 e. The van der Waals surface area contributed by atoms with E-state index in [4.69, 9.17) is 5.11 Å². The molecule has 11 nitrogen and oxygen atoms in total. The van der Waals surface area contributed by atoms with E-state index in [1.165, 1.54) is 30.1 Å². The number of hydrogen-bond acceptors (Lipinski definition) is 6. The van der Waals surface area contributed by atoms with Crippen molar-refractivity contribution in [1.29, 1.82) is 0 Å². The Morgan fingerprint density at radius 3 is 2.03 bits per heavy atom. The zero-order valence-electron chi connectivity index (χ0n) is 15.8. The molecule has 0 bridgehead atoms. The molecule has 3 aromatic rings. The Kier molecular flexibility index (Phi) is 4.89. The number of rotatable bonds is 2. The maximum absolute atomic E-state index is 11.7. The third-order valence-electron chi connectivity index (χ3n) is 4.49. The molecule has 0 spiro atoms. The Labute approximate surface area is 163 Å². The van der Waals surface area contributed by atoms with E-state index < -0.39 is 24.3 Å². The molecule has 2 aromatic heterocycles. The summed E-state index contributed by atoms with van der Waals surface area (Å²) in [4.78, 5) is 61.5. The van der Waals surface area contributed by atoms with Crippen LogP contribution < -0.4 is 11.2 Å². The molecule has 0 unspecified atom stereocenters. The second kappa shape index (κ2) is 7.19. The molecule has 1 N–H and O–H groups in total. The number of aliphatic carboxylic acids is 1. The molecule has 2 amide bonds. The van der Waals surface area contributed by atoms with Gasteiger partial charge in [-0.25, -0.2) is 9.78 Å². The third-order valence-corrected chi connectivity index (χ3v) is 4.49. The van der Waals surface area contributed by atoms with Crippen LogP contribution in [0.15, 0.2) is 40.2 Å². The summed E-state index contributed by atoms with van der Waals surface area (Å²) in [6.45, 7) is -0.591. The van der Waals surface area contributed by atoms with Crippen LogP contribution in [0.5, 0.6) is 0 Å². The highest BCUT2D eigenvalue weighted by Gasteiger charge is 2.36. The van der Waals surface area contributed by atoms with Crippen molar-refractivity contribution in [2.45, 2.75) is 0 Å². The van der Waals surface area contributed by atoms with E-state index in [2.05, 4.69) is 4.98 Å². The van der Waals surface area contributed by atoms with Gasteiger partial charge in [-0.2, -0.15) is 0 Å². The average Bonchev–Trinajstić information content (AvgIpc) is 3.19. The molecule has 150 valence electrons. The van der Waals surface area contributed by atoms with E-state index >= 15 is 0 Å². The third kappa shape index (κ3) is 3.22. The van der Waals surface area contributed by atoms with E-state index in [0.717, 1.165) is 9.47 Å². The highest BCUT2D eigenvalue weighted by atomic mass is 16.4. The van der Waals surface area contributed by atoms with Crippen LogP contribution >= 0.6 is 0 Å². The van der Waals surface area contributed by atoms with Crippen molar-refractivity contribution in [2.75, 3.05) is 6.54 Å². The first kappa shape index (κ1) is 19.7. The van der Waals surface area contributed by atoms with Crippen LogP contribution in [-0.2, 0) is 25.9 Å². The number of nitrogens with zero attached hydrogens (tertiary/aromatic N) is 5. The van der Waals surface area contributed by atoms with Crippen molar-refractivity contribution < 1.29 is 19.5 Å². The minimum atomic E-state index is -1.20. The summed E-state index contributed by atoms with van der Waals surface area (Å²) in [7, 11) is 4.77. The Balaban J connectivity index is 0.000000166. The number of hydrogen-bond donors (Lipinski definition) is 1. The SMILES string of the molecule is Cn1c(=O)c2c(ncn2C)n(C)c1=O.O=C(O)CN1C(=O)c2ccccc2C1=O. The van der Waals surface area contributed by atoms with Crippen molar-refractivity contribution in [3.8, 4) is 0 Å². The Bertz CT molecular complexity index is 1250. The molecule has 29 heavy (non-hydrogen) atoms. The van der Waals surface area contributed by atoms with Crippen molar-refractivity contribution in [3.63, 3.8) is 0 Å². The van der Waals surface area contributed by atoms with Gasteiger partial charge in [-0.05, 0) is 12.1 Å². The predicted molar refractivity (Wildman–Crippen MR) is 101 cm³/mol. The topological polar surface area (TPSA) is 136 Å². The highest BCUT2D eigenvalue weighted by molar-refractivity contribution is 6.22. The number of imidazole rings is 1. The normalized spacial score (nSPS) is 12.7. The average molecular weight is 399 g/mol. The Morgan fingerprint density at radius 1 is 0.966 bits per heavy atom. The highest BCUT2D eigenvalue weighted by Crippen LogP contribution is 2.21. The van der Waals surface area contributed by atoms with E-state index in [0.29, 0.717) is 11.2 Å². The Hall–Kier alpha value is -4.02. The van der Waals surface area contributed by atoms with Gasteiger partial charge >= 0.3 is 11.7 Å². The van der Waals surface area contributed by atoms with Crippen molar-refractivity contribution in [1.82, 2.24) is 23.6 Å². The molecule has 0 saturated carbocycles. The molecule has 1 aliphatic heterocycles. The molecular formula is C18H17N5O6. The van der Waals surface area contributed by atoms with Gasteiger partial charge in [0.1, 0.15) is 6.54 Å². The van der Waals surface area contributed by atoms with Gasteiger partial charge in [0.2, 0.25) is 0 Å². The van der Waals surface area contributed by atoms with Crippen LogP contribution in [0.25, 0.3) is 11.2 Å². The van der Waals surface area contributed by atoms with Crippen molar-refractivity contribution in [3.05, 3.63) is 62.6 Å². The summed E-state index contributed by atoms with van der Waals surface area (Å²) in [5.41, 5.74) is 0.715. The molecule has 11 heteroatoms. The monoisotopic (exact) mass is 399 g/mol. The largest absolute Gasteiger partial charge is 0.480 e. The first-order valence-electron chi connectivity index (χ1n) is 8.39. The van der Waals surface area contributed by atoms with E-state index in [1.54, 1.807) is 30.8 Å². The Morgan fingerprint density at radius 2 is 1.52 bits per heavy atom. The smallest absolute Gasteiger partial charge is 0.332 e. The zero-order valence-corrected chi connectivity index (χ0v) is 15.8. The number of carbonyl (C=O) groups excluding carboxylic acids is 2. The molecule has 4 rings (SSSR count). The molecule has 0 fully saturated rings. The number of benzene rings is 1. The molecule has 3 heterocycles. The maximum atomic E-state index is 11.7. The van der Waals surface area contributed by atoms with Gasteiger partial charge in [0, 0.05) is 21.1 Å². The van der Waals surface area contributed by atoms with E-state index in [-0.39, 0.29) is 22.4 Å². The number of carboxylic acids is 1. The fourth-order valence-corrected chi connectivity index (χ4v) is 2.99. The molecule has 0 radical (unpaired) electrons. The van der Waals surface area contributed by atoms with Crippen LogP contribution in [0.4, 0.5) is 0 Å². The van der Waals surface area contributed by atoms with Gasteiger partial charge in [-0.3, -0.25) is 33.2 Å². The molecule has 0 atom stereocenters. The van der Waals surface area contributed by atoms with Gasteiger partial charge in [-0.15, -0.1) is 0 Å². The standard InChI is InChI=1S/C10H7NO4.C8H10N4O2/c12-8(13)5-11-9(14)6-3-1-2-4-7(6)10(11)15;1-10-4-9-6-5(10)7(13)12(3)8(14)11(6)2/h1-4H,5H2,(H,12,13);4H,1-3H3. The minimum absolute atomic E-state index is 0.267. The van der Waals surface area contributed by atoms with Crippen LogP contribution in [-0.4, -0.2) is 53.0 Å². The van der Waals surface area contributed by atoms with Crippen molar-refractivity contribution >= 4 is 28.9 Å². The molecular weight excluding hydrogens is 382 g/mol. The second-order valence-corrected chi connectivity index (χ2v) is 6.37. The number of carboxylic acid groups (broad SMARTS) is 1. The summed E-state index contributed by atoms with van der Waals surface area (Å²) in [6.07, 6.45) is 1.52. The fraction of sp³-hybridized carbons (Fsp3) is 0.222. The lowest BCUT2D eigenvalue weighted by Crippen LogP contribution is -2.37. The van der Waals surface area contributed by atoms with Crippen molar-refractivity contribution in [2.24, 2.45) is 21.1 Å².